The third kappa shape index (κ3) is 3.09. The molecule has 1 unspecified atom stereocenters. The summed E-state index contributed by atoms with van der Waals surface area (Å²) < 4.78 is 13.5. The number of alkyl halides is 1. The van der Waals surface area contributed by atoms with Crippen molar-refractivity contribution in [3.05, 3.63) is 34.1 Å². The molecular formula is C12H16Cl2FN. The van der Waals surface area contributed by atoms with Crippen molar-refractivity contribution in [2.75, 3.05) is 20.0 Å². The van der Waals surface area contributed by atoms with Gasteiger partial charge in [-0.25, -0.2) is 4.39 Å². The Kier molecular flexibility index (Phi) is 5.03. The van der Waals surface area contributed by atoms with E-state index in [1.54, 1.807) is 13.0 Å². The van der Waals surface area contributed by atoms with Gasteiger partial charge in [0.2, 0.25) is 0 Å². The van der Waals surface area contributed by atoms with Crippen molar-refractivity contribution < 1.29 is 4.39 Å². The lowest BCUT2D eigenvalue weighted by molar-refractivity contribution is 0.292. The second-order valence-electron chi connectivity index (χ2n) is 4.08. The molecule has 0 spiro atoms. The number of benzene rings is 1. The van der Waals surface area contributed by atoms with Crippen LogP contribution in [0, 0.1) is 12.7 Å². The van der Waals surface area contributed by atoms with Gasteiger partial charge in [0.25, 0.3) is 0 Å². The first-order valence-corrected chi connectivity index (χ1v) is 6.06. The van der Waals surface area contributed by atoms with Crippen molar-refractivity contribution in [1.29, 1.82) is 0 Å². The van der Waals surface area contributed by atoms with Crippen LogP contribution in [0.15, 0.2) is 12.1 Å². The smallest absolute Gasteiger partial charge is 0.126 e. The number of hydrogen-bond donors (Lipinski definition) is 0. The molecule has 0 aromatic heterocycles. The zero-order chi connectivity index (χ0) is 12.3. The first-order valence-electron chi connectivity index (χ1n) is 5.15. The Morgan fingerprint density at radius 1 is 1.38 bits per heavy atom. The number of halogens is 3. The van der Waals surface area contributed by atoms with Crippen LogP contribution in [0.4, 0.5) is 4.39 Å². The van der Waals surface area contributed by atoms with E-state index in [0.29, 0.717) is 16.5 Å². The average molecular weight is 264 g/mol. The van der Waals surface area contributed by atoms with Crippen LogP contribution in [0.25, 0.3) is 0 Å². The summed E-state index contributed by atoms with van der Waals surface area (Å²) in [5.74, 6) is 0.301. The first-order chi connectivity index (χ1) is 7.47. The minimum absolute atomic E-state index is 0.0556. The number of hydrogen-bond acceptors (Lipinski definition) is 1. The Bertz CT molecular complexity index is 366. The minimum Gasteiger partial charge on any atom is -0.302 e. The predicted molar refractivity (Wildman–Crippen MR) is 67.9 cm³/mol. The van der Waals surface area contributed by atoms with Crippen LogP contribution in [0.2, 0.25) is 5.02 Å². The summed E-state index contributed by atoms with van der Waals surface area (Å²) in [7, 11) is 3.87. The topological polar surface area (TPSA) is 3.24 Å². The van der Waals surface area contributed by atoms with E-state index in [9.17, 15) is 4.39 Å². The second-order valence-corrected chi connectivity index (χ2v) is 4.87. The molecule has 16 heavy (non-hydrogen) atoms. The summed E-state index contributed by atoms with van der Waals surface area (Å²) in [6.45, 7) is 1.71. The van der Waals surface area contributed by atoms with E-state index in [4.69, 9.17) is 23.2 Å². The van der Waals surface area contributed by atoms with Gasteiger partial charge in [0.15, 0.2) is 0 Å². The van der Waals surface area contributed by atoms with Gasteiger partial charge in [0.05, 0.1) is 0 Å². The summed E-state index contributed by atoms with van der Waals surface area (Å²) in [4.78, 5) is 2.00. The van der Waals surface area contributed by atoms with Crippen LogP contribution in [-0.2, 0) is 0 Å². The lowest BCUT2D eigenvalue weighted by Crippen LogP contribution is -2.21. The normalized spacial score (nSPS) is 13.2. The van der Waals surface area contributed by atoms with Gasteiger partial charge in [-0.05, 0) is 50.7 Å². The van der Waals surface area contributed by atoms with Crippen LogP contribution in [-0.4, -0.2) is 24.9 Å². The Labute approximate surface area is 106 Å². The summed E-state index contributed by atoms with van der Waals surface area (Å²) >= 11 is 11.9. The highest BCUT2D eigenvalue weighted by molar-refractivity contribution is 6.31. The van der Waals surface area contributed by atoms with Gasteiger partial charge in [0, 0.05) is 16.9 Å². The van der Waals surface area contributed by atoms with Gasteiger partial charge >= 0.3 is 0 Å². The van der Waals surface area contributed by atoms with Crippen LogP contribution in [0.1, 0.15) is 23.6 Å². The van der Waals surface area contributed by atoms with Crippen LogP contribution in [0.5, 0.6) is 0 Å². The summed E-state index contributed by atoms with van der Waals surface area (Å²) in [6, 6.07) is 3.23. The molecule has 0 N–H and O–H groups in total. The summed E-state index contributed by atoms with van der Waals surface area (Å²) in [5, 5.41) is 0.600. The van der Waals surface area contributed by atoms with Gasteiger partial charge in [-0.2, -0.15) is 0 Å². The molecule has 0 heterocycles. The predicted octanol–water partition coefficient (Wildman–Crippen LogP) is 4.02. The molecule has 0 bridgehead atoms. The average Bonchev–Trinajstić information content (AvgIpc) is 2.20. The highest BCUT2D eigenvalue weighted by atomic mass is 35.5. The Morgan fingerprint density at radius 3 is 2.50 bits per heavy atom. The third-order valence-corrected chi connectivity index (χ3v) is 3.19. The molecule has 0 radical (unpaired) electrons. The molecule has 1 rings (SSSR count). The maximum atomic E-state index is 13.5. The molecule has 0 aliphatic rings. The Balaban J connectivity index is 3.13. The van der Waals surface area contributed by atoms with E-state index in [1.807, 2.05) is 19.0 Å². The number of nitrogens with zero attached hydrogens (tertiary/aromatic N) is 1. The van der Waals surface area contributed by atoms with Crippen LogP contribution >= 0.6 is 23.2 Å². The maximum Gasteiger partial charge on any atom is 0.126 e. The van der Waals surface area contributed by atoms with E-state index >= 15 is 0 Å². The van der Waals surface area contributed by atoms with Crippen LogP contribution in [0.3, 0.4) is 0 Å². The van der Waals surface area contributed by atoms with Crippen molar-refractivity contribution in [2.45, 2.75) is 19.4 Å². The van der Waals surface area contributed by atoms with E-state index in [0.717, 1.165) is 12.0 Å². The number of rotatable bonds is 4. The molecule has 0 saturated carbocycles. The summed E-state index contributed by atoms with van der Waals surface area (Å²) in [6.07, 6.45) is 0.747. The van der Waals surface area contributed by atoms with Crippen molar-refractivity contribution in [3.63, 3.8) is 0 Å². The SMILES string of the molecule is Cc1cc(Cl)c(C(CCCl)N(C)C)cc1F. The van der Waals surface area contributed by atoms with Crippen molar-refractivity contribution in [2.24, 2.45) is 0 Å². The summed E-state index contributed by atoms with van der Waals surface area (Å²) in [5.41, 5.74) is 1.37. The molecule has 90 valence electrons. The lowest BCUT2D eigenvalue weighted by Gasteiger charge is -2.25. The molecule has 1 atom stereocenters. The molecule has 1 aromatic carbocycles. The maximum absolute atomic E-state index is 13.5. The van der Waals surface area contributed by atoms with Crippen molar-refractivity contribution >= 4 is 23.2 Å². The number of aryl methyl sites for hydroxylation is 1. The molecule has 4 heteroatoms. The monoisotopic (exact) mass is 263 g/mol. The van der Waals surface area contributed by atoms with Crippen molar-refractivity contribution in [1.82, 2.24) is 4.90 Å². The largest absolute Gasteiger partial charge is 0.302 e. The van der Waals surface area contributed by atoms with E-state index in [1.165, 1.54) is 6.07 Å². The fourth-order valence-corrected chi connectivity index (χ4v) is 2.26. The van der Waals surface area contributed by atoms with Gasteiger partial charge in [-0.1, -0.05) is 11.6 Å². The lowest BCUT2D eigenvalue weighted by atomic mass is 10.0. The fraction of sp³-hybridized carbons (Fsp3) is 0.500. The molecule has 0 aliphatic heterocycles. The molecule has 1 aromatic rings. The van der Waals surface area contributed by atoms with E-state index in [-0.39, 0.29) is 11.9 Å². The molecule has 0 fully saturated rings. The molecular weight excluding hydrogens is 248 g/mol. The minimum atomic E-state index is -0.221. The highest BCUT2D eigenvalue weighted by Gasteiger charge is 2.18. The third-order valence-electron chi connectivity index (χ3n) is 2.64. The zero-order valence-electron chi connectivity index (χ0n) is 9.73. The quantitative estimate of drug-likeness (QED) is 0.742. The molecule has 0 aliphatic carbocycles. The van der Waals surface area contributed by atoms with Gasteiger partial charge in [0.1, 0.15) is 5.82 Å². The van der Waals surface area contributed by atoms with E-state index < -0.39 is 0 Å². The Hall–Kier alpha value is -0.310. The standard InChI is InChI=1S/C12H16Cl2FN/c1-8-6-10(14)9(7-11(8)15)12(4-5-13)16(2)3/h6-7,12H,4-5H2,1-3H3. The second kappa shape index (κ2) is 5.85. The van der Waals surface area contributed by atoms with Gasteiger partial charge < -0.3 is 4.90 Å². The molecule has 1 nitrogen and oxygen atoms in total. The zero-order valence-corrected chi connectivity index (χ0v) is 11.2. The molecule has 0 saturated heterocycles. The van der Waals surface area contributed by atoms with E-state index in [2.05, 4.69) is 0 Å². The van der Waals surface area contributed by atoms with Crippen LogP contribution < -0.4 is 0 Å². The first kappa shape index (κ1) is 13.8. The fourth-order valence-electron chi connectivity index (χ4n) is 1.71. The van der Waals surface area contributed by atoms with Gasteiger partial charge in [-0.15, -0.1) is 11.6 Å². The molecule has 0 amide bonds. The Morgan fingerprint density at radius 2 is 2.00 bits per heavy atom. The van der Waals surface area contributed by atoms with Gasteiger partial charge in [-0.3, -0.25) is 0 Å². The highest BCUT2D eigenvalue weighted by Crippen LogP contribution is 2.31. The van der Waals surface area contributed by atoms with Crippen molar-refractivity contribution in [3.8, 4) is 0 Å².